The number of amides is 2. The molecule has 9 unspecified atom stereocenters. The molecule has 0 saturated carbocycles. The van der Waals surface area contributed by atoms with Gasteiger partial charge in [0.05, 0.1) is 38.6 Å². The van der Waals surface area contributed by atoms with Gasteiger partial charge in [-0.3, -0.25) is 9.59 Å². The number of rotatable bonds is 19. The molecule has 10 N–H and O–H groups in total. The molecule has 22 heteroatoms. The lowest BCUT2D eigenvalue weighted by Gasteiger charge is -2.48. The molecular weight excluding hydrogens is 720 g/mol. The zero-order valence-corrected chi connectivity index (χ0v) is 29.1. The molecule has 3 heterocycles. The van der Waals surface area contributed by atoms with Crippen LogP contribution in [-0.4, -0.2) is 201 Å². The predicted molar refractivity (Wildman–Crippen MR) is 169 cm³/mol. The molecule has 3 aliphatic rings. The van der Waals surface area contributed by atoms with Gasteiger partial charge in [0, 0.05) is 45.7 Å². The number of carbonyl (C=O) groups is 4. The highest BCUT2D eigenvalue weighted by Crippen LogP contribution is 2.33. The maximum Gasteiger partial charge on any atom is 0.332 e. The summed E-state index contributed by atoms with van der Waals surface area (Å²) in [5.74, 6) is -1.64. The van der Waals surface area contributed by atoms with Crippen molar-refractivity contribution in [2.45, 2.75) is 131 Å². The maximum atomic E-state index is 12.3. The largest absolute Gasteiger partial charge is 0.394 e. The molecule has 14 atom stereocenters. The molecule has 306 valence electrons. The van der Waals surface area contributed by atoms with Crippen LogP contribution in [0.5, 0.6) is 0 Å². The molecule has 0 radical (unpaired) electrons. The number of nitrogens with zero attached hydrogens (tertiary/aromatic N) is 1. The number of hydrogen-bond acceptors (Lipinski definition) is 20. The van der Waals surface area contributed by atoms with Gasteiger partial charge in [-0.05, 0) is 12.8 Å². The number of hydrogen-bond donors (Lipinski definition) is 10. The molecule has 3 aliphatic heterocycles. The monoisotopic (exact) mass is 772 g/mol. The number of unbranched alkanes of at least 4 members (excludes halogenated alkanes) is 1. The highest BCUT2D eigenvalue weighted by Gasteiger charge is 2.53. The molecule has 22 nitrogen and oxygen atoms in total. The summed E-state index contributed by atoms with van der Waals surface area (Å²) in [6.45, 7) is -2.50. The van der Waals surface area contributed by atoms with Gasteiger partial charge in [0.1, 0.15) is 61.2 Å². The lowest BCUT2D eigenvalue weighted by molar-refractivity contribution is -0.383. The van der Waals surface area contributed by atoms with Gasteiger partial charge in [0.2, 0.25) is 5.91 Å². The lowest BCUT2D eigenvalue weighted by Crippen LogP contribution is -2.66. The second kappa shape index (κ2) is 22.1. The topological polar surface area (TPSA) is 330 Å². The summed E-state index contributed by atoms with van der Waals surface area (Å²) >= 11 is 0. The van der Waals surface area contributed by atoms with E-state index in [1.165, 1.54) is 7.05 Å². The quantitative estimate of drug-likeness (QED) is 0.0332. The summed E-state index contributed by atoms with van der Waals surface area (Å²) in [5.41, 5.74) is 0. The highest BCUT2D eigenvalue weighted by atomic mass is 16.8. The van der Waals surface area contributed by atoms with Gasteiger partial charge < -0.3 is 89.3 Å². The normalized spacial score (nSPS) is 36.0. The standard InChI is InChI=1S/C31H52N2O20/c1-33(20(40)6-4-9-34)53-21(41)7-3-2-5-19(39)32-8-10-47-29-26(46)28(52-30-22(42)16(38)11-15(12-35)48-30)27(18(14-37)50-29)51-31-25(45)24(44)23(43)17(13-36)49-31/h9,15-18,22-31,35-38,42-46H,2-8,10-14H2,1H3,(H,32,39)/t15?,16?,17?,18?,22?,23-,24?,25?,26?,27-,28?,29+,30-,31-/m1/s1. The van der Waals surface area contributed by atoms with Crippen molar-refractivity contribution < 1.29 is 98.4 Å². The first-order valence-corrected chi connectivity index (χ1v) is 17.2. The van der Waals surface area contributed by atoms with Crippen molar-refractivity contribution >= 4 is 24.1 Å². The fourth-order valence-corrected chi connectivity index (χ4v) is 5.73. The Kier molecular flexibility index (Phi) is 18.7. The number of aliphatic hydroxyl groups is 9. The van der Waals surface area contributed by atoms with Gasteiger partial charge in [-0.15, -0.1) is 0 Å². The van der Waals surface area contributed by atoms with Crippen molar-refractivity contribution in [2.24, 2.45) is 0 Å². The van der Waals surface area contributed by atoms with Crippen molar-refractivity contribution in [3.05, 3.63) is 0 Å². The maximum absolute atomic E-state index is 12.3. The average Bonchev–Trinajstić information content (AvgIpc) is 3.14. The van der Waals surface area contributed by atoms with Gasteiger partial charge in [-0.1, -0.05) is 0 Å². The van der Waals surface area contributed by atoms with E-state index in [1.54, 1.807) is 0 Å². The van der Waals surface area contributed by atoms with E-state index in [0.29, 0.717) is 12.7 Å². The Bertz CT molecular complexity index is 1150. The first-order valence-electron chi connectivity index (χ1n) is 17.2. The minimum absolute atomic E-state index is 0.00367. The van der Waals surface area contributed by atoms with Crippen molar-refractivity contribution in [2.75, 3.05) is 40.0 Å². The average molecular weight is 773 g/mol. The Morgan fingerprint density at radius 2 is 1.40 bits per heavy atom. The smallest absolute Gasteiger partial charge is 0.332 e. The molecule has 0 aromatic carbocycles. The number of aliphatic hydroxyl groups excluding tert-OH is 9. The van der Waals surface area contributed by atoms with Crippen LogP contribution in [0, 0.1) is 0 Å². The molecule has 0 bridgehead atoms. The van der Waals surface area contributed by atoms with E-state index < -0.39 is 124 Å². The molecule has 0 aromatic heterocycles. The Morgan fingerprint density at radius 3 is 2.06 bits per heavy atom. The van der Waals surface area contributed by atoms with Crippen LogP contribution < -0.4 is 5.32 Å². The van der Waals surface area contributed by atoms with Crippen LogP contribution in [-0.2, 0) is 52.4 Å². The first-order chi connectivity index (χ1) is 25.3. The van der Waals surface area contributed by atoms with Crippen LogP contribution in [0.25, 0.3) is 0 Å². The fourth-order valence-electron chi connectivity index (χ4n) is 5.73. The SMILES string of the molecule is CN(OC(=O)CCCCC(=O)NCCO[C@H]1OC(CO)[C@@H](O[C@H]2OC(CO)[C@@H](O)C(O)C2O)C(O[C@H]2OC(CO)CC(O)C2O)C1O)C(=O)CCC=O. The van der Waals surface area contributed by atoms with Crippen molar-refractivity contribution in [3.8, 4) is 0 Å². The van der Waals surface area contributed by atoms with Gasteiger partial charge in [0.15, 0.2) is 18.9 Å². The minimum Gasteiger partial charge on any atom is -0.394 e. The molecule has 3 rings (SSSR count). The Labute approximate surface area is 304 Å². The number of ether oxygens (including phenoxy) is 6. The highest BCUT2D eigenvalue weighted by molar-refractivity contribution is 5.79. The van der Waals surface area contributed by atoms with E-state index in [0.717, 1.165) is 5.06 Å². The van der Waals surface area contributed by atoms with E-state index >= 15 is 0 Å². The summed E-state index contributed by atoms with van der Waals surface area (Å²) in [6, 6.07) is 0. The van der Waals surface area contributed by atoms with Crippen molar-refractivity contribution in [1.29, 1.82) is 0 Å². The molecule has 2 amide bonds. The first kappa shape index (κ1) is 44.9. The van der Waals surface area contributed by atoms with Gasteiger partial charge in [-0.25, -0.2) is 4.79 Å². The van der Waals surface area contributed by atoms with E-state index in [2.05, 4.69) is 5.32 Å². The molecule has 3 saturated heterocycles. The third-order valence-corrected chi connectivity index (χ3v) is 8.74. The van der Waals surface area contributed by atoms with Crippen LogP contribution in [0.2, 0.25) is 0 Å². The van der Waals surface area contributed by atoms with E-state index in [4.69, 9.17) is 33.3 Å². The molecule has 53 heavy (non-hydrogen) atoms. The number of aldehydes is 1. The van der Waals surface area contributed by atoms with Crippen molar-refractivity contribution in [3.63, 3.8) is 0 Å². The van der Waals surface area contributed by atoms with Crippen molar-refractivity contribution in [1.82, 2.24) is 10.4 Å². The summed E-state index contributed by atoms with van der Waals surface area (Å²) in [7, 11) is 1.25. The summed E-state index contributed by atoms with van der Waals surface area (Å²) in [5, 5.41) is 95.9. The van der Waals surface area contributed by atoms with Gasteiger partial charge in [-0.2, -0.15) is 5.06 Å². The molecule has 0 aliphatic carbocycles. The zero-order valence-electron chi connectivity index (χ0n) is 29.1. The second-order valence-electron chi connectivity index (χ2n) is 12.7. The number of carbonyl (C=O) groups excluding carboxylic acids is 4. The van der Waals surface area contributed by atoms with E-state index in [1.807, 2.05) is 0 Å². The fraction of sp³-hybridized carbons (Fsp3) is 0.871. The number of hydroxylamine groups is 2. The third-order valence-electron chi connectivity index (χ3n) is 8.74. The Balaban J connectivity index is 1.58. The molecular formula is C31H52N2O20. The molecule has 0 spiro atoms. The second-order valence-corrected chi connectivity index (χ2v) is 12.7. The van der Waals surface area contributed by atoms with Crippen LogP contribution in [0.4, 0.5) is 0 Å². The summed E-state index contributed by atoms with van der Waals surface area (Å²) in [4.78, 5) is 51.3. The van der Waals surface area contributed by atoms with Crippen LogP contribution in [0.3, 0.4) is 0 Å². The zero-order chi connectivity index (χ0) is 39.2. The third kappa shape index (κ3) is 12.8. The minimum atomic E-state index is -1.90. The number of nitrogens with one attached hydrogen (secondary N) is 1. The van der Waals surface area contributed by atoms with E-state index in [9.17, 15) is 65.1 Å². The molecule has 3 fully saturated rings. The van der Waals surface area contributed by atoms with E-state index in [-0.39, 0.29) is 51.7 Å². The summed E-state index contributed by atoms with van der Waals surface area (Å²) in [6.07, 6.45) is -21.6. The van der Waals surface area contributed by atoms with Gasteiger partial charge >= 0.3 is 5.97 Å². The Hall–Kier alpha value is -2.52. The Morgan fingerprint density at radius 1 is 0.755 bits per heavy atom. The predicted octanol–water partition coefficient (Wildman–Crippen LogP) is -5.95. The lowest BCUT2D eigenvalue weighted by atomic mass is 9.96. The molecule has 0 aromatic rings. The summed E-state index contributed by atoms with van der Waals surface area (Å²) < 4.78 is 33.9. The van der Waals surface area contributed by atoms with Crippen LogP contribution in [0.1, 0.15) is 44.9 Å². The van der Waals surface area contributed by atoms with Crippen LogP contribution in [0.15, 0.2) is 0 Å². The van der Waals surface area contributed by atoms with Crippen LogP contribution >= 0.6 is 0 Å². The van der Waals surface area contributed by atoms with Gasteiger partial charge in [0.25, 0.3) is 5.91 Å².